The van der Waals surface area contributed by atoms with Gasteiger partial charge in [0.2, 0.25) is 0 Å². The third kappa shape index (κ3) is 1.68. The lowest BCUT2D eigenvalue weighted by atomic mass is 10.1. The van der Waals surface area contributed by atoms with Gasteiger partial charge in [-0.25, -0.2) is 0 Å². The largest absolute Gasteiger partial charge is 0.261 e. The van der Waals surface area contributed by atoms with E-state index in [1.807, 2.05) is 25.1 Å². The topological polar surface area (TPSA) is 35.6 Å². The molecule has 0 N–H and O–H groups in total. The molecule has 0 unspecified atom stereocenters. The zero-order chi connectivity index (χ0) is 12.8. The average molecular weight is 250 g/mol. The fraction of sp³-hybridized carbons (Fsp3) is 0.200. The van der Waals surface area contributed by atoms with Crippen LogP contribution in [-0.2, 0) is 13.1 Å². The van der Waals surface area contributed by atoms with Crippen molar-refractivity contribution in [3.05, 3.63) is 59.5 Å². The number of hydrogen-bond donors (Lipinski definition) is 0. The summed E-state index contributed by atoms with van der Waals surface area (Å²) in [6, 6.07) is 14.6. The summed E-state index contributed by atoms with van der Waals surface area (Å²) in [6.45, 7) is 3.65. The Morgan fingerprint density at radius 1 is 0.895 bits per heavy atom. The molecule has 0 fully saturated rings. The van der Waals surface area contributed by atoms with Crippen LogP contribution in [0.25, 0.3) is 11.3 Å². The molecule has 0 saturated carbocycles. The highest BCUT2D eigenvalue weighted by molar-refractivity contribution is 5.59. The number of rotatable bonds is 1. The molecule has 4 heteroatoms. The van der Waals surface area contributed by atoms with E-state index < -0.39 is 0 Å². The summed E-state index contributed by atoms with van der Waals surface area (Å²) in [5, 5.41) is 9.21. The van der Waals surface area contributed by atoms with Gasteiger partial charge in [-0.15, -0.1) is 0 Å². The Balaban J connectivity index is 1.75. The molecule has 0 saturated heterocycles. The molecule has 1 aliphatic heterocycles. The molecular weight excluding hydrogens is 236 g/mol. The molecule has 0 atom stereocenters. The number of fused-ring (bicyclic) bond motifs is 2. The lowest BCUT2D eigenvalue weighted by Crippen LogP contribution is -2.20. The Bertz CT molecular complexity index is 696. The predicted molar refractivity (Wildman–Crippen MR) is 72.8 cm³/mol. The first-order valence-electron chi connectivity index (χ1n) is 6.45. The van der Waals surface area contributed by atoms with Crippen LogP contribution in [0.5, 0.6) is 0 Å². The summed E-state index contributed by atoms with van der Waals surface area (Å²) < 4.78 is 4.15. The minimum absolute atomic E-state index is 0.809. The van der Waals surface area contributed by atoms with Crippen molar-refractivity contribution in [2.75, 3.05) is 0 Å². The van der Waals surface area contributed by atoms with Gasteiger partial charge in [-0.3, -0.25) is 9.36 Å². The smallest absolute Gasteiger partial charge is 0.0926 e. The third-order valence-electron chi connectivity index (χ3n) is 3.54. The van der Waals surface area contributed by atoms with E-state index in [9.17, 15) is 0 Å². The van der Waals surface area contributed by atoms with Crippen LogP contribution in [0.1, 0.15) is 17.1 Å². The molecule has 0 aliphatic carbocycles. The molecular formula is C15H14N4. The fourth-order valence-electron chi connectivity index (χ4n) is 2.64. The Morgan fingerprint density at radius 3 is 2.37 bits per heavy atom. The van der Waals surface area contributed by atoms with Gasteiger partial charge in [-0.05, 0) is 19.1 Å². The first-order valence-corrected chi connectivity index (χ1v) is 6.45. The van der Waals surface area contributed by atoms with Crippen LogP contribution in [0.3, 0.4) is 0 Å². The van der Waals surface area contributed by atoms with E-state index in [-0.39, 0.29) is 0 Å². The second kappa shape index (κ2) is 3.82. The summed E-state index contributed by atoms with van der Waals surface area (Å²) in [7, 11) is 0. The van der Waals surface area contributed by atoms with Crippen LogP contribution in [0.2, 0.25) is 0 Å². The zero-order valence-electron chi connectivity index (χ0n) is 10.7. The van der Waals surface area contributed by atoms with Crippen LogP contribution >= 0.6 is 0 Å². The van der Waals surface area contributed by atoms with E-state index in [1.54, 1.807) is 0 Å². The van der Waals surface area contributed by atoms with Gasteiger partial charge in [-0.1, -0.05) is 30.3 Å². The molecule has 2 aromatic heterocycles. The molecule has 94 valence electrons. The highest BCUT2D eigenvalue weighted by atomic mass is 15.4. The van der Waals surface area contributed by atoms with Crippen molar-refractivity contribution >= 4 is 0 Å². The molecule has 1 aromatic carbocycles. The molecule has 0 spiro atoms. The number of aromatic nitrogens is 4. The SMILES string of the molecule is Cc1cc2n(n1)Cc1cc(-c3ccccc3)nn1C2. The summed E-state index contributed by atoms with van der Waals surface area (Å²) in [5.41, 5.74) is 5.72. The van der Waals surface area contributed by atoms with Gasteiger partial charge in [-0.2, -0.15) is 10.2 Å². The Labute approximate surface area is 111 Å². The summed E-state index contributed by atoms with van der Waals surface area (Å²) in [5.74, 6) is 0. The predicted octanol–water partition coefficient (Wildman–Crippen LogP) is 2.47. The van der Waals surface area contributed by atoms with Crippen LogP contribution in [0, 0.1) is 6.92 Å². The zero-order valence-corrected chi connectivity index (χ0v) is 10.7. The van der Waals surface area contributed by atoms with Gasteiger partial charge in [0.25, 0.3) is 0 Å². The van der Waals surface area contributed by atoms with E-state index in [0.29, 0.717) is 0 Å². The first-order chi connectivity index (χ1) is 9.29. The van der Waals surface area contributed by atoms with Crippen LogP contribution in [0.4, 0.5) is 0 Å². The van der Waals surface area contributed by atoms with Gasteiger partial charge < -0.3 is 0 Å². The molecule has 4 rings (SSSR count). The maximum absolute atomic E-state index is 4.70. The van der Waals surface area contributed by atoms with Crippen molar-refractivity contribution in [3.8, 4) is 11.3 Å². The molecule has 3 aromatic rings. The van der Waals surface area contributed by atoms with E-state index in [0.717, 1.165) is 24.5 Å². The molecule has 4 nitrogen and oxygen atoms in total. The Hall–Kier alpha value is -2.36. The number of benzene rings is 1. The van der Waals surface area contributed by atoms with Gasteiger partial charge >= 0.3 is 0 Å². The van der Waals surface area contributed by atoms with Crippen molar-refractivity contribution in [2.45, 2.75) is 20.0 Å². The molecule has 0 amide bonds. The quantitative estimate of drug-likeness (QED) is 0.520. The standard InChI is InChI=1S/C15H14N4/c1-11-7-13-9-19-14(10-18(13)16-11)8-15(17-19)12-5-3-2-4-6-12/h2-8H,9-10H2,1H3. The number of nitrogens with zero attached hydrogens (tertiary/aromatic N) is 4. The van der Waals surface area contributed by atoms with Crippen LogP contribution < -0.4 is 0 Å². The number of hydrogen-bond acceptors (Lipinski definition) is 2. The summed E-state index contributed by atoms with van der Waals surface area (Å²) in [4.78, 5) is 0. The van der Waals surface area contributed by atoms with Gasteiger partial charge in [0.05, 0.1) is 35.9 Å². The maximum Gasteiger partial charge on any atom is 0.0926 e. The van der Waals surface area contributed by atoms with Gasteiger partial charge in [0.1, 0.15) is 0 Å². The van der Waals surface area contributed by atoms with E-state index in [1.165, 1.54) is 17.0 Å². The van der Waals surface area contributed by atoms with Crippen molar-refractivity contribution in [3.63, 3.8) is 0 Å². The van der Waals surface area contributed by atoms with E-state index >= 15 is 0 Å². The monoisotopic (exact) mass is 250 g/mol. The first kappa shape index (κ1) is 10.6. The molecule has 19 heavy (non-hydrogen) atoms. The molecule has 0 bridgehead atoms. The molecule has 3 heterocycles. The van der Waals surface area contributed by atoms with Gasteiger partial charge in [0, 0.05) is 5.56 Å². The highest BCUT2D eigenvalue weighted by Crippen LogP contribution is 2.23. The maximum atomic E-state index is 4.70. The number of aryl methyl sites for hydroxylation is 1. The van der Waals surface area contributed by atoms with Crippen LogP contribution in [0.15, 0.2) is 42.5 Å². The van der Waals surface area contributed by atoms with E-state index in [4.69, 9.17) is 5.10 Å². The second-order valence-electron chi connectivity index (χ2n) is 4.98. The minimum Gasteiger partial charge on any atom is -0.261 e. The fourth-order valence-corrected chi connectivity index (χ4v) is 2.64. The van der Waals surface area contributed by atoms with E-state index in [2.05, 4.69) is 38.7 Å². The minimum atomic E-state index is 0.809. The van der Waals surface area contributed by atoms with Gasteiger partial charge in [0.15, 0.2) is 0 Å². The lowest BCUT2D eigenvalue weighted by Gasteiger charge is -2.15. The van der Waals surface area contributed by atoms with Crippen molar-refractivity contribution in [1.29, 1.82) is 0 Å². The van der Waals surface area contributed by atoms with Crippen LogP contribution in [-0.4, -0.2) is 19.6 Å². The normalized spacial score (nSPS) is 13.1. The molecule has 1 aliphatic rings. The third-order valence-corrected chi connectivity index (χ3v) is 3.54. The van der Waals surface area contributed by atoms with Crippen molar-refractivity contribution in [1.82, 2.24) is 19.6 Å². The Kier molecular flexibility index (Phi) is 2.12. The summed E-state index contributed by atoms with van der Waals surface area (Å²) >= 11 is 0. The lowest BCUT2D eigenvalue weighted by molar-refractivity contribution is 0.505. The highest BCUT2D eigenvalue weighted by Gasteiger charge is 2.18. The second-order valence-corrected chi connectivity index (χ2v) is 4.98. The Morgan fingerprint density at radius 2 is 1.58 bits per heavy atom. The van der Waals surface area contributed by atoms with Crippen molar-refractivity contribution in [2.24, 2.45) is 0 Å². The van der Waals surface area contributed by atoms with Crippen molar-refractivity contribution < 1.29 is 0 Å². The summed E-state index contributed by atoms with van der Waals surface area (Å²) in [6.07, 6.45) is 0. The molecule has 0 radical (unpaired) electrons. The average Bonchev–Trinajstić information content (AvgIpc) is 2.98.